The average molecular weight is 681 g/mol. The summed E-state index contributed by atoms with van der Waals surface area (Å²) in [5, 5.41) is 3.69. The van der Waals surface area contributed by atoms with Crippen LogP contribution in [-0.4, -0.2) is 43.8 Å². The first-order chi connectivity index (χ1) is 21.9. The molecule has 7 nitrogen and oxygen atoms in total. The average Bonchev–Trinajstić information content (AvgIpc) is 3.03. The molecule has 242 valence electrons. The number of anilines is 1. The van der Waals surface area contributed by atoms with Crippen LogP contribution in [0.25, 0.3) is 0 Å². The van der Waals surface area contributed by atoms with Crippen molar-refractivity contribution in [3.05, 3.63) is 129 Å². The van der Waals surface area contributed by atoms with Gasteiger partial charge < -0.3 is 10.2 Å². The fourth-order valence-corrected chi connectivity index (χ4v) is 6.71. The van der Waals surface area contributed by atoms with Gasteiger partial charge in [0.25, 0.3) is 10.0 Å². The Balaban J connectivity index is 1.82. The van der Waals surface area contributed by atoms with Crippen molar-refractivity contribution < 1.29 is 18.0 Å². The van der Waals surface area contributed by atoms with E-state index in [1.54, 1.807) is 48.5 Å². The van der Waals surface area contributed by atoms with Crippen LogP contribution in [-0.2, 0) is 32.6 Å². The van der Waals surface area contributed by atoms with Gasteiger partial charge in [0.1, 0.15) is 12.6 Å². The van der Waals surface area contributed by atoms with Crippen LogP contribution in [0.3, 0.4) is 0 Å². The highest BCUT2D eigenvalue weighted by molar-refractivity contribution is 7.92. The third-order valence-corrected chi connectivity index (χ3v) is 10.3. The number of sulfonamides is 1. The molecule has 0 heterocycles. The lowest BCUT2D eigenvalue weighted by atomic mass is 10.0. The maximum absolute atomic E-state index is 14.6. The molecule has 0 aliphatic heterocycles. The number of nitrogens with one attached hydrogen (secondary N) is 1. The third-order valence-electron chi connectivity index (χ3n) is 7.79. The van der Waals surface area contributed by atoms with Crippen molar-refractivity contribution in [3.8, 4) is 0 Å². The molecule has 4 aromatic rings. The number of rotatable bonds is 13. The summed E-state index contributed by atoms with van der Waals surface area (Å²) in [7, 11) is -4.18. The minimum Gasteiger partial charge on any atom is -0.352 e. The predicted octanol–water partition coefficient (Wildman–Crippen LogP) is 7.36. The van der Waals surface area contributed by atoms with Gasteiger partial charge in [0.2, 0.25) is 11.8 Å². The first-order valence-electron chi connectivity index (χ1n) is 15.1. The van der Waals surface area contributed by atoms with E-state index in [0.717, 1.165) is 21.0 Å². The Morgan fingerprint density at radius 3 is 2.13 bits per heavy atom. The van der Waals surface area contributed by atoms with Crippen molar-refractivity contribution in [2.24, 2.45) is 0 Å². The van der Waals surface area contributed by atoms with Crippen LogP contribution < -0.4 is 9.62 Å². The van der Waals surface area contributed by atoms with Crippen LogP contribution in [0, 0.1) is 13.8 Å². The number of hydrogen-bond acceptors (Lipinski definition) is 4. The minimum atomic E-state index is -4.18. The normalized spacial score (nSPS) is 12.7. The molecule has 0 saturated heterocycles. The van der Waals surface area contributed by atoms with E-state index in [-0.39, 0.29) is 29.8 Å². The molecular weight excluding hydrogens is 641 g/mol. The fourth-order valence-electron chi connectivity index (χ4n) is 4.98. The number of nitrogens with zero attached hydrogens (tertiary/aromatic N) is 2. The lowest BCUT2D eigenvalue weighted by molar-refractivity contribution is -0.140. The van der Waals surface area contributed by atoms with Gasteiger partial charge in [0.05, 0.1) is 20.6 Å². The zero-order chi connectivity index (χ0) is 33.4. The molecule has 0 spiro atoms. The maximum atomic E-state index is 14.6. The molecular formula is C36H39Cl2N3O4S. The lowest BCUT2D eigenvalue weighted by Gasteiger charge is -2.34. The highest BCUT2D eigenvalue weighted by atomic mass is 35.5. The molecule has 1 N–H and O–H groups in total. The Hall–Kier alpha value is -3.85. The van der Waals surface area contributed by atoms with Gasteiger partial charge in [-0.2, -0.15) is 0 Å². The van der Waals surface area contributed by atoms with Gasteiger partial charge in [-0.1, -0.05) is 96.4 Å². The number of carbonyl (C=O) groups excluding carboxylic acids is 2. The molecule has 0 aromatic heterocycles. The summed E-state index contributed by atoms with van der Waals surface area (Å²) >= 11 is 12.5. The van der Waals surface area contributed by atoms with Crippen LogP contribution in [0.5, 0.6) is 0 Å². The summed E-state index contributed by atoms with van der Waals surface area (Å²) in [5.41, 5.74) is 3.56. The fraction of sp³-hybridized carbons (Fsp3) is 0.278. The zero-order valence-electron chi connectivity index (χ0n) is 26.4. The van der Waals surface area contributed by atoms with Gasteiger partial charge in [0, 0.05) is 19.0 Å². The van der Waals surface area contributed by atoms with E-state index in [0.29, 0.717) is 27.7 Å². The van der Waals surface area contributed by atoms with Crippen LogP contribution >= 0.6 is 23.2 Å². The van der Waals surface area contributed by atoms with Crippen LogP contribution in [0.2, 0.25) is 10.0 Å². The van der Waals surface area contributed by atoms with Crippen molar-refractivity contribution >= 4 is 50.7 Å². The Labute approximate surface area is 282 Å². The zero-order valence-corrected chi connectivity index (χ0v) is 28.7. The molecule has 2 amide bonds. The monoisotopic (exact) mass is 679 g/mol. The van der Waals surface area contributed by atoms with Crippen molar-refractivity contribution in [2.45, 2.75) is 64.1 Å². The molecule has 0 radical (unpaired) electrons. The summed E-state index contributed by atoms with van der Waals surface area (Å²) in [6, 6.07) is 26.8. The quantitative estimate of drug-likeness (QED) is 0.160. The molecule has 4 rings (SSSR count). The van der Waals surface area contributed by atoms with Crippen molar-refractivity contribution in [3.63, 3.8) is 0 Å². The minimum absolute atomic E-state index is 0.00656. The predicted molar refractivity (Wildman–Crippen MR) is 186 cm³/mol. The highest BCUT2D eigenvalue weighted by Crippen LogP contribution is 2.27. The summed E-state index contributed by atoms with van der Waals surface area (Å²) in [6.07, 6.45) is 0.909. The Morgan fingerprint density at radius 1 is 0.804 bits per heavy atom. The van der Waals surface area contributed by atoms with E-state index < -0.39 is 28.5 Å². The molecule has 0 fully saturated rings. The second-order valence-corrected chi connectivity index (χ2v) is 14.1. The molecule has 0 aliphatic rings. The van der Waals surface area contributed by atoms with E-state index >= 15 is 0 Å². The topological polar surface area (TPSA) is 86.8 Å². The molecule has 0 bridgehead atoms. The molecule has 2 atom stereocenters. The summed E-state index contributed by atoms with van der Waals surface area (Å²) in [4.78, 5) is 30.0. The second kappa shape index (κ2) is 15.6. The van der Waals surface area contributed by atoms with Crippen LogP contribution in [0.1, 0.15) is 42.5 Å². The SMILES string of the molecule is CC[C@@H](C)NC(=O)[C@@H](Cc1ccccc1)N(Cc1ccc(Cl)c(Cl)c1)C(=O)CN(c1cccc(C)c1)S(=O)(=O)c1ccc(C)cc1. The smallest absolute Gasteiger partial charge is 0.264 e. The first kappa shape index (κ1) is 35.0. The summed E-state index contributed by atoms with van der Waals surface area (Å²) < 4.78 is 29.5. The molecule has 46 heavy (non-hydrogen) atoms. The van der Waals surface area contributed by atoms with Gasteiger partial charge in [-0.05, 0) is 80.3 Å². The third kappa shape index (κ3) is 8.90. The molecule has 0 saturated carbocycles. The molecule has 4 aromatic carbocycles. The van der Waals surface area contributed by atoms with Gasteiger partial charge in [-0.25, -0.2) is 8.42 Å². The molecule has 10 heteroatoms. The van der Waals surface area contributed by atoms with Crippen LogP contribution in [0.4, 0.5) is 5.69 Å². The summed E-state index contributed by atoms with van der Waals surface area (Å²) in [6.45, 7) is 7.04. The lowest BCUT2D eigenvalue weighted by Crippen LogP contribution is -2.54. The van der Waals surface area contributed by atoms with Crippen LogP contribution in [0.15, 0.2) is 102 Å². The second-order valence-electron chi connectivity index (χ2n) is 11.5. The van der Waals surface area contributed by atoms with Crippen molar-refractivity contribution in [1.29, 1.82) is 0 Å². The first-order valence-corrected chi connectivity index (χ1v) is 17.3. The number of benzene rings is 4. The number of amides is 2. The Kier molecular flexibility index (Phi) is 11.9. The van der Waals surface area contributed by atoms with E-state index in [2.05, 4.69) is 5.32 Å². The Bertz CT molecular complexity index is 1770. The van der Waals surface area contributed by atoms with E-state index in [1.807, 2.05) is 64.1 Å². The molecule has 0 unspecified atom stereocenters. The molecule has 0 aliphatic carbocycles. The van der Waals surface area contributed by atoms with Gasteiger partial charge in [0.15, 0.2) is 0 Å². The van der Waals surface area contributed by atoms with E-state index in [4.69, 9.17) is 23.2 Å². The Morgan fingerprint density at radius 2 is 1.50 bits per heavy atom. The van der Waals surface area contributed by atoms with E-state index in [1.165, 1.54) is 17.0 Å². The van der Waals surface area contributed by atoms with Gasteiger partial charge in [-0.3, -0.25) is 13.9 Å². The van der Waals surface area contributed by atoms with Crippen molar-refractivity contribution in [1.82, 2.24) is 10.2 Å². The van der Waals surface area contributed by atoms with Crippen molar-refractivity contribution in [2.75, 3.05) is 10.8 Å². The van der Waals surface area contributed by atoms with Gasteiger partial charge in [-0.15, -0.1) is 0 Å². The number of carbonyl (C=O) groups is 2. The van der Waals surface area contributed by atoms with Gasteiger partial charge >= 0.3 is 0 Å². The summed E-state index contributed by atoms with van der Waals surface area (Å²) in [5.74, 6) is -0.890. The largest absolute Gasteiger partial charge is 0.352 e. The number of hydrogen-bond donors (Lipinski definition) is 1. The highest BCUT2D eigenvalue weighted by Gasteiger charge is 2.35. The number of aryl methyl sites for hydroxylation is 2. The van der Waals surface area contributed by atoms with E-state index in [9.17, 15) is 18.0 Å². The maximum Gasteiger partial charge on any atom is 0.264 e. The number of halogens is 2. The standard InChI is InChI=1S/C36H39Cl2N3O4S/c1-5-27(4)39-36(43)34(22-28-11-7-6-8-12-28)40(23-29-16-19-32(37)33(38)21-29)35(42)24-41(30-13-9-10-26(3)20-30)46(44,45)31-17-14-25(2)15-18-31/h6-21,27,34H,5,22-24H2,1-4H3,(H,39,43)/t27-,34-/m1/s1.